The minimum absolute atomic E-state index is 0.143. The van der Waals surface area contributed by atoms with Gasteiger partial charge in [-0.3, -0.25) is 14.9 Å². The fourth-order valence-electron chi connectivity index (χ4n) is 2.90. The number of imidazole rings is 1. The van der Waals surface area contributed by atoms with Crippen molar-refractivity contribution >= 4 is 28.8 Å². The molecule has 2 aromatic carbocycles. The van der Waals surface area contributed by atoms with E-state index in [-0.39, 0.29) is 11.8 Å². The number of nitrogens with one attached hydrogen (secondary N) is 3. The van der Waals surface area contributed by atoms with Crippen LogP contribution in [0.1, 0.15) is 24.2 Å². The molecule has 0 saturated heterocycles. The molecule has 8 heteroatoms. The molecule has 0 unspecified atom stereocenters. The number of aromatic nitrogens is 2. The van der Waals surface area contributed by atoms with Gasteiger partial charge < -0.3 is 19.8 Å². The molecular formula is C21H24N4O4. The van der Waals surface area contributed by atoms with E-state index in [1.165, 1.54) is 14.2 Å². The first-order valence-corrected chi connectivity index (χ1v) is 9.20. The Balaban J connectivity index is 1.77. The SMILES string of the molecule is COc1cc(OC)cc(C(=O)N[C@@H](C(=O)Nc2nc3ccccc3[nH]2)C(C)C)c1. The number of para-hydroxylation sites is 2. The van der Waals surface area contributed by atoms with E-state index in [0.717, 1.165) is 11.0 Å². The summed E-state index contributed by atoms with van der Waals surface area (Å²) in [6.45, 7) is 3.71. The van der Waals surface area contributed by atoms with Gasteiger partial charge in [-0.2, -0.15) is 0 Å². The molecule has 2 amide bonds. The van der Waals surface area contributed by atoms with Gasteiger partial charge in [0.2, 0.25) is 11.9 Å². The summed E-state index contributed by atoms with van der Waals surface area (Å²) in [6, 6.07) is 11.6. The van der Waals surface area contributed by atoms with Crippen molar-refractivity contribution in [1.29, 1.82) is 0 Å². The Bertz CT molecular complexity index is 973. The lowest BCUT2D eigenvalue weighted by molar-refractivity contribution is -0.118. The number of amides is 2. The topological polar surface area (TPSA) is 105 Å². The highest BCUT2D eigenvalue weighted by atomic mass is 16.5. The van der Waals surface area contributed by atoms with Crippen molar-refractivity contribution in [1.82, 2.24) is 15.3 Å². The summed E-state index contributed by atoms with van der Waals surface area (Å²) in [7, 11) is 3.02. The highest BCUT2D eigenvalue weighted by molar-refractivity contribution is 6.01. The van der Waals surface area contributed by atoms with Crippen LogP contribution in [0.5, 0.6) is 11.5 Å². The van der Waals surface area contributed by atoms with Gasteiger partial charge in [0.15, 0.2) is 0 Å². The zero-order chi connectivity index (χ0) is 21.0. The molecule has 3 N–H and O–H groups in total. The van der Waals surface area contributed by atoms with E-state index in [4.69, 9.17) is 9.47 Å². The predicted molar refractivity (Wildman–Crippen MR) is 110 cm³/mol. The maximum Gasteiger partial charge on any atom is 0.252 e. The Labute approximate surface area is 168 Å². The molecule has 0 saturated carbocycles. The number of benzene rings is 2. The second kappa shape index (κ2) is 8.64. The summed E-state index contributed by atoms with van der Waals surface area (Å²) in [5, 5.41) is 5.53. The van der Waals surface area contributed by atoms with Crippen LogP contribution in [0.25, 0.3) is 11.0 Å². The Morgan fingerprint density at radius 2 is 1.69 bits per heavy atom. The third-order valence-electron chi connectivity index (χ3n) is 4.48. The lowest BCUT2D eigenvalue weighted by Gasteiger charge is -2.21. The fraction of sp³-hybridized carbons (Fsp3) is 0.286. The molecule has 0 radical (unpaired) electrons. The zero-order valence-electron chi connectivity index (χ0n) is 16.8. The predicted octanol–water partition coefficient (Wildman–Crippen LogP) is 2.97. The van der Waals surface area contributed by atoms with Crippen molar-refractivity contribution in [2.45, 2.75) is 19.9 Å². The fourth-order valence-corrected chi connectivity index (χ4v) is 2.90. The monoisotopic (exact) mass is 396 g/mol. The number of rotatable bonds is 7. The average Bonchev–Trinajstić information content (AvgIpc) is 3.13. The molecule has 0 spiro atoms. The lowest BCUT2D eigenvalue weighted by atomic mass is 10.0. The van der Waals surface area contributed by atoms with Crippen LogP contribution in [0, 0.1) is 5.92 Å². The van der Waals surface area contributed by atoms with Crippen LogP contribution in [0.2, 0.25) is 0 Å². The summed E-state index contributed by atoms with van der Waals surface area (Å²) < 4.78 is 10.4. The summed E-state index contributed by atoms with van der Waals surface area (Å²) in [4.78, 5) is 33.0. The number of carbonyl (C=O) groups is 2. The maximum absolute atomic E-state index is 12.8. The van der Waals surface area contributed by atoms with E-state index < -0.39 is 11.9 Å². The first-order chi connectivity index (χ1) is 13.9. The van der Waals surface area contributed by atoms with Crippen LogP contribution >= 0.6 is 0 Å². The molecule has 0 aliphatic rings. The van der Waals surface area contributed by atoms with E-state index >= 15 is 0 Å². The first kappa shape index (κ1) is 20.2. The van der Waals surface area contributed by atoms with Crippen LogP contribution in [0.15, 0.2) is 42.5 Å². The Morgan fingerprint density at radius 3 is 2.28 bits per heavy atom. The number of aromatic amines is 1. The minimum atomic E-state index is -0.757. The maximum atomic E-state index is 12.8. The van der Waals surface area contributed by atoms with Crippen molar-refractivity contribution in [3.8, 4) is 11.5 Å². The van der Waals surface area contributed by atoms with E-state index in [9.17, 15) is 9.59 Å². The van der Waals surface area contributed by atoms with Crippen molar-refractivity contribution in [2.24, 2.45) is 5.92 Å². The quantitative estimate of drug-likeness (QED) is 0.569. The van der Waals surface area contributed by atoms with Crippen molar-refractivity contribution in [3.63, 3.8) is 0 Å². The molecular weight excluding hydrogens is 372 g/mol. The standard InChI is InChI=1S/C21H24N4O4/c1-12(2)18(20(27)25-21-22-16-7-5-6-8-17(16)23-21)24-19(26)13-9-14(28-3)11-15(10-13)29-4/h5-12,18H,1-4H3,(H,24,26)(H2,22,23,25,27)/t18-/m1/s1. The number of carbonyl (C=O) groups excluding carboxylic acids is 2. The first-order valence-electron chi connectivity index (χ1n) is 9.20. The normalized spacial score (nSPS) is 11.9. The van der Waals surface area contributed by atoms with Gasteiger partial charge in [0, 0.05) is 11.6 Å². The molecule has 0 fully saturated rings. The Hall–Kier alpha value is -3.55. The van der Waals surface area contributed by atoms with Gasteiger partial charge in [-0.25, -0.2) is 4.98 Å². The van der Waals surface area contributed by atoms with Crippen molar-refractivity contribution < 1.29 is 19.1 Å². The third kappa shape index (κ3) is 4.66. The number of nitrogens with zero attached hydrogens (tertiary/aromatic N) is 1. The number of hydrogen-bond acceptors (Lipinski definition) is 5. The second-order valence-electron chi connectivity index (χ2n) is 6.89. The van der Waals surface area contributed by atoms with E-state index in [1.54, 1.807) is 18.2 Å². The van der Waals surface area contributed by atoms with Gasteiger partial charge in [-0.1, -0.05) is 26.0 Å². The van der Waals surface area contributed by atoms with Crippen LogP contribution < -0.4 is 20.1 Å². The molecule has 0 aliphatic carbocycles. The van der Waals surface area contributed by atoms with Crippen LogP contribution in [0.4, 0.5) is 5.95 Å². The number of methoxy groups -OCH3 is 2. The van der Waals surface area contributed by atoms with Gasteiger partial charge in [0.1, 0.15) is 17.5 Å². The molecule has 0 bridgehead atoms. The highest BCUT2D eigenvalue weighted by Gasteiger charge is 2.26. The van der Waals surface area contributed by atoms with Crippen LogP contribution in [-0.2, 0) is 4.79 Å². The number of hydrogen-bond donors (Lipinski definition) is 3. The van der Waals surface area contributed by atoms with Gasteiger partial charge in [0.25, 0.3) is 5.91 Å². The lowest BCUT2D eigenvalue weighted by Crippen LogP contribution is -2.47. The van der Waals surface area contributed by atoms with Gasteiger partial charge >= 0.3 is 0 Å². The molecule has 3 rings (SSSR count). The van der Waals surface area contributed by atoms with E-state index in [2.05, 4.69) is 20.6 Å². The molecule has 1 aromatic heterocycles. The molecule has 29 heavy (non-hydrogen) atoms. The molecule has 152 valence electrons. The number of ether oxygens (including phenoxy) is 2. The minimum Gasteiger partial charge on any atom is -0.497 e. The number of fused-ring (bicyclic) bond motifs is 1. The Morgan fingerprint density at radius 1 is 1.03 bits per heavy atom. The number of anilines is 1. The highest BCUT2D eigenvalue weighted by Crippen LogP contribution is 2.23. The zero-order valence-corrected chi connectivity index (χ0v) is 16.8. The smallest absolute Gasteiger partial charge is 0.252 e. The van der Waals surface area contributed by atoms with Crippen molar-refractivity contribution in [3.05, 3.63) is 48.0 Å². The van der Waals surface area contributed by atoms with Crippen LogP contribution in [0.3, 0.4) is 0 Å². The number of H-pyrrole nitrogens is 1. The third-order valence-corrected chi connectivity index (χ3v) is 4.48. The van der Waals surface area contributed by atoms with Gasteiger partial charge in [-0.05, 0) is 30.2 Å². The van der Waals surface area contributed by atoms with Crippen molar-refractivity contribution in [2.75, 3.05) is 19.5 Å². The second-order valence-corrected chi connectivity index (χ2v) is 6.89. The van der Waals surface area contributed by atoms with E-state index in [1.807, 2.05) is 38.1 Å². The van der Waals surface area contributed by atoms with Crippen LogP contribution in [-0.4, -0.2) is 42.0 Å². The van der Waals surface area contributed by atoms with E-state index in [0.29, 0.717) is 23.0 Å². The summed E-state index contributed by atoms with van der Waals surface area (Å²) in [6.07, 6.45) is 0. The molecule has 3 aromatic rings. The molecule has 0 aliphatic heterocycles. The largest absolute Gasteiger partial charge is 0.497 e. The average molecular weight is 396 g/mol. The summed E-state index contributed by atoms with van der Waals surface area (Å²) in [5.74, 6) is 0.405. The molecule has 1 heterocycles. The van der Waals surface area contributed by atoms with Gasteiger partial charge in [-0.15, -0.1) is 0 Å². The summed E-state index contributed by atoms with van der Waals surface area (Å²) >= 11 is 0. The summed E-state index contributed by atoms with van der Waals surface area (Å²) in [5.41, 5.74) is 1.90. The van der Waals surface area contributed by atoms with Gasteiger partial charge in [0.05, 0.1) is 25.3 Å². The molecule has 1 atom stereocenters. The molecule has 8 nitrogen and oxygen atoms in total. The Kier molecular flexibility index (Phi) is 6.01.